The molecule has 15 nitrogen and oxygen atoms in total. The zero-order valence-corrected chi connectivity index (χ0v) is 36.9. The molecule has 4 amide bonds. The van der Waals surface area contributed by atoms with E-state index < -0.39 is 85.9 Å². The van der Waals surface area contributed by atoms with Crippen molar-refractivity contribution < 1.29 is 46.2 Å². The van der Waals surface area contributed by atoms with Gasteiger partial charge in [-0.05, 0) is 93.8 Å². The third-order valence-corrected chi connectivity index (χ3v) is 13.2. The first-order valence-electron chi connectivity index (χ1n) is 20.1. The molecule has 1 aromatic heterocycles. The number of amides is 4. The summed E-state index contributed by atoms with van der Waals surface area (Å²) in [6.45, 7) is 16.1. The van der Waals surface area contributed by atoms with Gasteiger partial charge >= 0.3 is 6.09 Å². The number of fused-ring (bicyclic) bond motifs is 1. The number of hydrogen-bond acceptors (Lipinski definition) is 11. The van der Waals surface area contributed by atoms with Crippen LogP contribution >= 0.6 is 11.6 Å². The Labute approximate surface area is 356 Å². The van der Waals surface area contributed by atoms with E-state index in [9.17, 15) is 27.6 Å². The van der Waals surface area contributed by atoms with Gasteiger partial charge in [0.2, 0.25) is 21.8 Å². The maximum absolute atomic E-state index is 14.7. The molecule has 3 fully saturated rings. The van der Waals surface area contributed by atoms with E-state index in [1.54, 1.807) is 72.9 Å². The van der Waals surface area contributed by atoms with Gasteiger partial charge in [0.15, 0.2) is 5.76 Å². The lowest BCUT2D eigenvalue weighted by molar-refractivity contribution is -0.143. The van der Waals surface area contributed by atoms with Crippen LogP contribution in [0.15, 0.2) is 53.5 Å². The topological polar surface area (TPSA) is 209 Å². The van der Waals surface area contributed by atoms with E-state index in [1.165, 1.54) is 11.0 Å². The number of furan rings is 1. The Kier molecular flexibility index (Phi) is 12.4. The molecule has 0 radical (unpaired) electrons. The summed E-state index contributed by atoms with van der Waals surface area (Å²) in [5.41, 5.74) is 5.59. The predicted octanol–water partition coefficient (Wildman–Crippen LogP) is 6.39. The number of benzene rings is 2. The summed E-state index contributed by atoms with van der Waals surface area (Å²) >= 11 is 6.29. The average Bonchev–Trinajstić information content (AvgIpc) is 4.08. The summed E-state index contributed by atoms with van der Waals surface area (Å²) < 4.78 is 52.0. The third-order valence-electron chi connectivity index (χ3n) is 11.1. The van der Waals surface area contributed by atoms with Crippen LogP contribution in [0, 0.1) is 11.3 Å². The largest absolute Gasteiger partial charge is 0.497 e. The number of alkyl carbamates (subject to hydrolysis) is 1. The van der Waals surface area contributed by atoms with Crippen molar-refractivity contribution in [1.29, 1.82) is 0 Å². The monoisotopic (exact) mass is 869 g/mol. The van der Waals surface area contributed by atoms with Gasteiger partial charge < -0.3 is 39.9 Å². The number of methoxy groups -OCH3 is 1. The summed E-state index contributed by atoms with van der Waals surface area (Å²) in [4.78, 5) is 57.4. The van der Waals surface area contributed by atoms with E-state index in [4.69, 9.17) is 36.0 Å². The highest BCUT2D eigenvalue weighted by Gasteiger charge is 2.62. The predicted molar refractivity (Wildman–Crippen MR) is 228 cm³/mol. The summed E-state index contributed by atoms with van der Waals surface area (Å²) in [5, 5.41) is 6.01. The lowest BCUT2D eigenvalue weighted by Gasteiger charge is -2.36. The molecule has 0 spiro atoms. The van der Waals surface area contributed by atoms with Crippen LogP contribution in [0.25, 0.3) is 22.3 Å². The van der Waals surface area contributed by atoms with Crippen molar-refractivity contribution in [2.24, 2.45) is 11.3 Å². The maximum Gasteiger partial charge on any atom is 0.408 e. The Bertz CT molecular complexity index is 2300. The molecule has 326 valence electrons. The molecule has 6 rings (SSSR count). The van der Waals surface area contributed by atoms with Gasteiger partial charge in [0.25, 0.3) is 5.91 Å². The van der Waals surface area contributed by atoms with Crippen molar-refractivity contribution in [2.75, 3.05) is 19.4 Å². The molecule has 6 atom stereocenters. The second kappa shape index (κ2) is 16.6. The molecular formula is C43H56ClN5O10S. The molecule has 60 heavy (non-hydrogen) atoms. The Morgan fingerprint density at radius 1 is 1.10 bits per heavy atom. The van der Waals surface area contributed by atoms with Crippen LogP contribution in [-0.4, -0.2) is 85.4 Å². The number of carbonyl (C=O) groups excluding carboxylic acids is 4. The molecule has 1 saturated heterocycles. The van der Waals surface area contributed by atoms with Crippen molar-refractivity contribution in [3.8, 4) is 17.1 Å². The number of nitrogens with one attached hydrogen (secondary N) is 3. The van der Waals surface area contributed by atoms with Gasteiger partial charge in [0, 0.05) is 34.9 Å². The molecular weight excluding hydrogens is 814 g/mol. The Morgan fingerprint density at radius 3 is 2.38 bits per heavy atom. The molecule has 17 heteroatoms. The minimum Gasteiger partial charge on any atom is -0.497 e. The highest BCUT2D eigenvalue weighted by Crippen LogP contribution is 2.46. The number of halogens is 1. The molecule has 5 N–H and O–H groups in total. The third kappa shape index (κ3) is 9.40. The van der Waals surface area contributed by atoms with E-state index in [-0.39, 0.29) is 19.4 Å². The smallest absolute Gasteiger partial charge is 0.408 e. The van der Waals surface area contributed by atoms with Crippen molar-refractivity contribution in [3.05, 3.63) is 59.6 Å². The number of ether oxygens (including phenoxy) is 3. The lowest BCUT2D eigenvalue weighted by Crippen LogP contribution is -2.60. The lowest BCUT2D eigenvalue weighted by atomic mass is 9.85. The van der Waals surface area contributed by atoms with Crippen molar-refractivity contribution in [3.63, 3.8) is 0 Å². The fourth-order valence-electron chi connectivity index (χ4n) is 7.70. The second-order valence-electron chi connectivity index (χ2n) is 18.0. The first kappa shape index (κ1) is 44.7. The number of nitrogen functional groups attached to an aromatic ring is 1. The summed E-state index contributed by atoms with van der Waals surface area (Å²) in [7, 11) is -2.39. The maximum atomic E-state index is 14.7. The SMILES string of the molecule is C=C[C@@H]1C[C@]1(NC(=O)[C@@H]1CC(OC(CC)c2cc(OC)ccc2-c2oc3ccc(Cl)cc3c2N)CN1C(=O)[C@@H](NC(=O)OC(C)(C)C)C(C)(C)C)C(=O)NS(=O)(=O)C1CC1. The number of sulfonamides is 1. The zero-order valence-electron chi connectivity index (χ0n) is 35.3. The van der Waals surface area contributed by atoms with Crippen LogP contribution in [0.1, 0.15) is 92.2 Å². The van der Waals surface area contributed by atoms with E-state index >= 15 is 0 Å². The number of hydrogen-bond donors (Lipinski definition) is 4. The van der Waals surface area contributed by atoms with Gasteiger partial charge in [-0.25, -0.2) is 13.2 Å². The van der Waals surface area contributed by atoms with Crippen LogP contribution in [0.3, 0.4) is 0 Å². The van der Waals surface area contributed by atoms with Crippen LogP contribution in [0.4, 0.5) is 10.5 Å². The average molecular weight is 870 g/mol. The standard InChI is InChI=1S/C43H56ClN5O10S/c1-10-23-21-43(23,39(52)48-60(54,55)27-14-15-27)47-37(50)31-20-26(22-49(31)38(51)36(41(3,4)5)46-40(53)59-42(6,7)8)57-32(11-2)29-19-25(56-9)13-16-28(29)35-34(45)30-18-24(44)12-17-33(30)58-35/h10,12-13,16-19,23,26-27,31-32,36H,1,11,14-15,20-22,45H2,2-9H3,(H,46,53)(H,47,50)(H,48,52)/t23-,26?,31+,32?,36-,43-/m1/s1. The van der Waals surface area contributed by atoms with Crippen molar-refractivity contribution in [2.45, 2.75) is 121 Å². The second-order valence-corrected chi connectivity index (χ2v) is 20.4. The van der Waals surface area contributed by atoms with Gasteiger partial charge in [-0.2, -0.15) is 0 Å². The first-order valence-corrected chi connectivity index (χ1v) is 22.1. The molecule has 2 aliphatic carbocycles. The molecule has 1 aliphatic heterocycles. The van der Waals surface area contributed by atoms with Gasteiger partial charge in [-0.1, -0.05) is 45.4 Å². The van der Waals surface area contributed by atoms with Crippen molar-refractivity contribution >= 4 is 62.1 Å². The number of anilines is 1. The number of likely N-dealkylation sites (tertiary alicyclic amines) is 1. The minimum absolute atomic E-state index is 0.00121. The van der Waals surface area contributed by atoms with Gasteiger partial charge in [-0.3, -0.25) is 19.1 Å². The van der Waals surface area contributed by atoms with E-state index in [0.717, 1.165) is 0 Å². The normalized spacial score (nSPS) is 22.8. The number of rotatable bonds is 14. The van der Waals surface area contributed by atoms with Crippen LogP contribution in [-0.2, 0) is 33.9 Å². The zero-order chi connectivity index (χ0) is 44.1. The summed E-state index contributed by atoms with van der Waals surface area (Å²) in [6, 6.07) is 8.27. The molecule has 0 bridgehead atoms. The Balaban J connectivity index is 1.34. The summed E-state index contributed by atoms with van der Waals surface area (Å²) in [5.74, 6) is -1.73. The van der Waals surface area contributed by atoms with E-state index in [0.29, 0.717) is 63.6 Å². The highest BCUT2D eigenvalue weighted by atomic mass is 35.5. The molecule has 2 saturated carbocycles. The van der Waals surface area contributed by atoms with Gasteiger partial charge in [-0.15, -0.1) is 6.58 Å². The van der Waals surface area contributed by atoms with Crippen LogP contribution in [0.2, 0.25) is 5.02 Å². The first-order chi connectivity index (χ1) is 28.0. The Hall–Kier alpha value is -4.80. The minimum atomic E-state index is -3.94. The fourth-order valence-corrected chi connectivity index (χ4v) is 9.23. The Morgan fingerprint density at radius 2 is 1.80 bits per heavy atom. The van der Waals surface area contributed by atoms with Gasteiger partial charge in [0.1, 0.15) is 34.6 Å². The number of carbonyl (C=O) groups is 4. The van der Waals surface area contributed by atoms with E-state index in [2.05, 4.69) is 21.9 Å². The molecule has 2 unspecified atom stereocenters. The molecule has 3 aliphatic rings. The van der Waals surface area contributed by atoms with Crippen LogP contribution < -0.4 is 25.8 Å². The molecule has 2 heterocycles. The highest BCUT2D eigenvalue weighted by molar-refractivity contribution is 7.91. The summed E-state index contributed by atoms with van der Waals surface area (Å²) in [6.07, 6.45) is 0.751. The number of nitrogens with zero attached hydrogens (tertiary/aromatic N) is 1. The number of nitrogens with two attached hydrogens (primary N) is 1. The molecule has 2 aromatic carbocycles. The molecule has 3 aromatic rings. The van der Waals surface area contributed by atoms with Crippen molar-refractivity contribution in [1.82, 2.24) is 20.3 Å². The quantitative estimate of drug-likeness (QED) is 0.131. The van der Waals surface area contributed by atoms with E-state index in [1.807, 2.05) is 19.1 Å². The fraction of sp³-hybridized carbons (Fsp3) is 0.535. The van der Waals surface area contributed by atoms with Gasteiger partial charge in [0.05, 0.1) is 30.3 Å². The van der Waals surface area contributed by atoms with Crippen LogP contribution in [0.5, 0.6) is 5.75 Å².